The smallest absolute Gasteiger partial charge is 0.428 e. The molecule has 0 bridgehead atoms. The van der Waals surface area contributed by atoms with E-state index in [0.717, 1.165) is 0 Å². The van der Waals surface area contributed by atoms with Gasteiger partial charge in [0.2, 0.25) is 4.84 Å². The molecule has 3 amide bonds. The first kappa shape index (κ1) is 20.2. The van der Waals surface area contributed by atoms with Crippen LogP contribution in [-0.2, 0) is 0 Å². The number of hydrogen-bond donors (Lipinski definition) is 2. The van der Waals surface area contributed by atoms with Crippen molar-refractivity contribution in [3.05, 3.63) is 59.1 Å². The zero-order valence-electron chi connectivity index (χ0n) is 12.8. The lowest BCUT2D eigenvalue weighted by molar-refractivity contribution is -0.163. The standard InChI is InChI=1S/C16H11Cl3F2N2O3/c17-10-6-2-1-5-9(10)13(24)23-15(25)22-11-7-3-4-8-12(11)26-16(20,21)14(18)19/h1-8,14H,(H2,22,23,24,25). The second-order valence-corrected chi connectivity index (χ2v) is 6.35. The molecule has 0 heterocycles. The van der Waals surface area contributed by atoms with Crippen LogP contribution in [0.1, 0.15) is 10.4 Å². The van der Waals surface area contributed by atoms with E-state index in [1.54, 1.807) is 12.1 Å². The fourth-order valence-corrected chi connectivity index (χ4v) is 2.13. The van der Waals surface area contributed by atoms with Crippen molar-refractivity contribution < 1.29 is 23.1 Å². The maximum atomic E-state index is 13.5. The summed E-state index contributed by atoms with van der Waals surface area (Å²) in [5.41, 5.74) is -0.0434. The number of hydrogen-bond acceptors (Lipinski definition) is 3. The van der Waals surface area contributed by atoms with Crippen LogP contribution >= 0.6 is 34.8 Å². The van der Waals surface area contributed by atoms with Crippen molar-refractivity contribution in [2.75, 3.05) is 5.32 Å². The van der Waals surface area contributed by atoms with Crippen molar-refractivity contribution in [1.82, 2.24) is 5.32 Å². The van der Waals surface area contributed by atoms with Crippen molar-refractivity contribution in [2.45, 2.75) is 10.9 Å². The number of amides is 3. The monoisotopic (exact) mass is 422 g/mol. The topological polar surface area (TPSA) is 67.4 Å². The number of urea groups is 1. The van der Waals surface area contributed by atoms with Crippen LogP contribution in [0, 0.1) is 0 Å². The highest BCUT2D eigenvalue weighted by Crippen LogP contribution is 2.34. The largest absolute Gasteiger partial charge is 0.428 e. The molecule has 0 aliphatic heterocycles. The van der Waals surface area contributed by atoms with Gasteiger partial charge in [0.1, 0.15) is 5.75 Å². The van der Waals surface area contributed by atoms with Crippen molar-refractivity contribution >= 4 is 52.4 Å². The number of alkyl halides is 4. The summed E-state index contributed by atoms with van der Waals surface area (Å²) < 4.78 is 31.5. The lowest BCUT2D eigenvalue weighted by Crippen LogP contribution is -2.35. The number of nitrogens with one attached hydrogen (secondary N) is 2. The van der Waals surface area contributed by atoms with Gasteiger partial charge in [0.25, 0.3) is 5.91 Å². The summed E-state index contributed by atoms with van der Waals surface area (Å²) in [6.45, 7) is 0. The van der Waals surface area contributed by atoms with Gasteiger partial charge in [-0.1, -0.05) is 59.1 Å². The molecule has 0 saturated carbocycles. The summed E-state index contributed by atoms with van der Waals surface area (Å²) in [6, 6.07) is 10.5. The summed E-state index contributed by atoms with van der Waals surface area (Å²) in [6.07, 6.45) is -3.88. The molecule has 26 heavy (non-hydrogen) atoms. The maximum absolute atomic E-state index is 13.5. The van der Waals surface area contributed by atoms with Crippen LogP contribution in [0.2, 0.25) is 5.02 Å². The quantitative estimate of drug-likeness (QED) is 0.659. The van der Waals surface area contributed by atoms with Gasteiger partial charge in [0.15, 0.2) is 0 Å². The lowest BCUT2D eigenvalue weighted by Gasteiger charge is -2.20. The van der Waals surface area contributed by atoms with E-state index in [2.05, 4.69) is 10.1 Å². The normalized spacial score (nSPS) is 11.2. The fourth-order valence-electron chi connectivity index (χ4n) is 1.82. The first-order valence-corrected chi connectivity index (χ1v) is 8.26. The second-order valence-electron chi connectivity index (χ2n) is 4.85. The zero-order chi connectivity index (χ0) is 19.3. The number of benzene rings is 2. The summed E-state index contributed by atoms with van der Waals surface area (Å²) in [5.74, 6) is -1.15. The van der Waals surface area contributed by atoms with E-state index in [1.165, 1.54) is 36.4 Å². The summed E-state index contributed by atoms with van der Waals surface area (Å²) in [4.78, 5) is 21.9. The molecule has 138 valence electrons. The van der Waals surface area contributed by atoms with Gasteiger partial charge in [-0.2, -0.15) is 8.78 Å². The number of rotatable bonds is 5. The summed E-state index contributed by atoms with van der Waals surface area (Å²) in [5, 5.41) is 4.41. The molecule has 0 unspecified atom stereocenters. The Labute approximate surface area is 162 Å². The van der Waals surface area contributed by atoms with Gasteiger partial charge >= 0.3 is 12.1 Å². The number of halogens is 5. The predicted octanol–water partition coefficient (Wildman–Crippen LogP) is 5.08. The third-order valence-corrected chi connectivity index (χ3v) is 3.82. The number of ether oxygens (including phenoxy) is 1. The van der Waals surface area contributed by atoms with Crippen molar-refractivity contribution in [2.24, 2.45) is 0 Å². The molecule has 2 N–H and O–H groups in total. The van der Waals surface area contributed by atoms with Crippen LogP contribution in [0.15, 0.2) is 48.5 Å². The first-order valence-electron chi connectivity index (χ1n) is 7.01. The minimum Gasteiger partial charge on any atom is -0.428 e. The molecule has 0 aliphatic rings. The number of anilines is 1. The number of carbonyl (C=O) groups is 2. The number of carbonyl (C=O) groups excluding carboxylic acids is 2. The van der Waals surface area contributed by atoms with Gasteiger partial charge in [-0.25, -0.2) is 4.79 Å². The molecule has 2 aromatic rings. The van der Waals surface area contributed by atoms with Crippen LogP contribution in [0.25, 0.3) is 0 Å². The Hall–Kier alpha value is -2.09. The molecular weight excluding hydrogens is 413 g/mol. The van der Waals surface area contributed by atoms with E-state index in [-0.39, 0.29) is 22.0 Å². The van der Waals surface area contributed by atoms with Crippen LogP contribution in [0.4, 0.5) is 19.3 Å². The Morgan fingerprint density at radius 1 is 1.04 bits per heavy atom. The summed E-state index contributed by atoms with van der Waals surface area (Å²) in [7, 11) is 0. The molecule has 2 aromatic carbocycles. The molecule has 0 fully saturated rings. The van der Waals surface area contributed by atoms with Gasteiger partial charge in [0, 0.05) is 0 Å². The van der Waals surface area contributed by atoms with E-state index in [4.69, 9.17) is 34.8 Å². The predicted molar refractivity (Wildman–Crippen MR) is 95.4 cm³/mol. The molecule has 0 radical (unpaired) electrons. The molecule has 0 aliphatic carbocycles. The third kappa shape index (κ3) is 5.20. The molecule has 0 saturated heterocycles. The van der Waals surface area contributed by atoms with E-state index >= 15 is 0 Å². The van der Waals surface area contributed by atoms with Crippen molar-refractivity contribution in [1.29, 1.82) is 0 Å². The fraction of sp³-hybridized carbons (Fsp3) is 0.125. The van der Waals surface area contributed by atoms with Crippen LogP contribution < -0.4 is 15.4 Å². The molecular formula is C16H11Cl3F2N2O3. The molecule has 0 atom stereocenters. The highest BCUT2D eigenvalue weighted by molar-refractivity contribution is 6.44. The van der Waals surface area contributed by atoms with E-state index in [0.29, 0.717) is 0 Å². The Balaban J connectivity index is 2.10. The maximum Gasteiger partial charge on any atom is 0.428 e. The molecule has 0 spiro atoms. The molecule has 2 rings (SSSR count). The third-order valence-electron chi connectivity index (χ3n) is 2.98. The lowest BCUT2D eigenvalue weighted by atomic mass is 10.2. The Morgan fingerprint density at radius 2 is 1.65 bits per heavy atom. The van der Waals surface area contributed by atoms with Crippen LogP contribution in [0.5, 0.6) is 5.75 Å². The van der Waals surface area contributed by atoms with E-state index < -0.39 is 22.9 Å². The van der Waals surface area contributed by atoms with E-state index in [9.17, 15) is 18.4 Å². The Kier molecular flexibility index (Phi) is 6.63. The second kappa shape index (κ2) is 8.53. The van der Waals surface area contributed by atoms with Gasteiger partial charge in [-0.3, -0.25) is 10.1 Å². The van der Waals surface area contributed by atoms with Crippen LogP contribution in [0.3, 0.4) is 0 Å². The number of para-hydroxylation sites is 2. The molecule has 0 aromatic heterocycles. The highest BCUT2D eigenvalue weighted by Gasteiger charge is 2.40. The van der Waals surface area contributed by atoms with Gasteiger partial charge < -0.3 is 10.1 Å². The number of imide groups is 1. The molecule has 5 nitrogen and oxygen atoms in total. The van der Waals surface area contributed by atoms with E-state index in [1.807, 2.05) is 5.32 Å². The zero-order valence-corrected chi connectivity index (χ0v) is 15.1. The minimum absolute atomic E-state index is 0.0764. The Morgan fingerprint density at radius 3 is 2.31 bits per heavy atom. The average Bonchev–Trinajstić information content (AvgIpc) is 2.56. The van der Waals surface area contributed by atoms with Gasteiger partial charge in [-0.05, 0) is 24.3 Å². The minimum atomic E-state index is -3.88. The summed E-state index contributed by atoms with van der Waals surface area (Å²) >= 11 is 16.2. The van der Waals surface area contributed by atoms with Crippen molar-refractivity contribution in [3.63, 3.8) is 0 Å². The Bertz CT molecular complexity index is 819. The average molecular weight is 424 g/mol. The van der Waals surface area contributed by atoms with Crippen molar-refractivity contribution in [3.8, 4) is 5.75 Å². The SMILES string of the molecule is O=C(NC(=O)c1ccccc1Cl)Nc1ccccc1OC(F)(F)C(Cl)Cl. The van der Waals surface area contributed by atoms with Crippen LogP contribution in [-0.4, -0.2) is 22.9 Å². The highest BCUT2D eigenvalue weighted by atomic mass is 35.5. The first-order chi connectivity index (χ1) is 12.2. The molecule has 10 heteroatoms. The van der Waals surface area contributed by atoms with Gasteiger partial charge in [-0.15, -0.1) is 0 Å². The van der Waals surface area contributed by atoms with Gasteiger partial charge in [0.05, 0.1) is 16.3 Å².